The van der Waals surface area contributed by atoms with Gasteiger partial charge in [0, 0.05) is 23.9 Å². The van der Waals surface area contributed by atoms with Crippen molar-refractivity contribution in [3.8, 4) is 0 Å². The standard InChI is InChI=1S/C10H12N2/c1-7-5-8-3-4-9(11)6-10(8)12(7)2/h3-6H,11H2,1-2H3. The molecule has 0 saturated heterocycles. The fourth-order valence-electron chi connectivity index (χ4n) is 1.49. The quantitative estimate of drug-likeness (QED) is 0.587. The summed E-state index contributed by atoms with van der Waals surface area (Å²) in [5.41, 5.74) is 8.97. The molecule has 2 nitrogen and oxygen atoms in total. The van der Waals surface area contributed by atoms with Crippen LogP contribution in [0, 0.1) is 6.92 Å². The van der Waals surface area contributed by atoms with Crippen molar-refractivity contribution in [3.05, 3.63) is 30.0 Å². The lowest BCUT2D eigenvalue weighted by molar-refractivity contribution is 0.918. The van der Waals surface area contributed by atoms with Crippen molar-refractivity contribution < 1.29 is 0 Å². The molecule has 0 fully saturated rings. The molecule has 2 aromatic rings. The largest absolute Gasteiger partial charge is 0.399 e. The number of aromatic nitrogens is 1. The van der Waals surface area contributed by atoms with E-state index in [1.54, 1.807) is 0 Å². The summed E-state index contributed by atoms with van der Waals surface area (Å²) in [5.74, 6) is 0. The third-order valence-electron chi connectivity index (χ3n) is 2.31. The maximum Gasteiger partial charge on any atom is 0.0500 e. The van der Waals surface area contributed by atoms with Crippen molar-refractivity contribution in [2.45, 2.75) is 6.92 Å². The Bertz CT molecular complexity index is 427. The van der Waals surface area contributed by atoms with Gasteiger partial charge < -0.3 is 10.3 Å². The molecule has 1 aromatic heterocycles. The van der Waals surface area contributed by atoms with E-state index in [4.69, 9.17) is 5.73 Å². The van der Waals surface area contributed by atoms with Crippen molar-refractivity contribution in [2.24, 2.45) is 7.05 Å². The third kappa shape index (κ3) is 0.881. The van der Waals surface area contributed by atoms with E-state index in [0.717, 1.165) is 5.69 Å². The number of nitrogens with zero attached hydrogens (tertiary/aromatic N) is 1. The number of rotatable bonds is 0. The van der Waals surface area contributed by atoms with Gasteiger partial charge in [-0.25, -0.2) is 0 Å². The lowest BCUT2D eigenvalue weighted by Crippen LogP contribution is -1.90. The number of aryl methyl sites for hydroxylation is 2. The predicted molar refractivity (Wildman–Crippen MR) is 52.1 cm³/mol. The van der Waals surface area contributed by atoms with Crippen LogP contribution in [0.5, 0.6) is 0 Å². The van der Waals surface area contributed by atoms with Gasteiger partial charge in [-0.05, 0) is 30.5 Å². The smallest absolute Gasteiger partial charge is 0.0500 e. The van der Waals surface area contributed by atoms with Crippen LogP contribution in [0.2, 0.25) is 0 Å². The summed E-state index contributed by atoms with van der Waals surface area (Å²) in [5, 5.41) is 1.25. The number of hydrogen-bond acceptors (Lipinski definition) is 1. The van der Waals surface area contributed by atoms with Crippen LogP contribution in [0.15, 0.2) is 24.3 Å². The Morgan fingerprint density at radius 2 is 2.00 bits per heavy atom. The summed E-state index contributed by atoms with van der Waals surface area (Å²) in [6, 6.07) is 8.15. The lowest BCUT2D eigenvalue weighted by Gasteiger charge is -1.98. The Balaban J connectivity index is 2.88. The van der Waals surface area contributed by atoms with Gasteiger partial charge in [-0.2, -0.15) is 0 Å². The second-order valence-electron chi connectivity index (χ2n) is 3.16. The number of nitrogens with two attached hydrogens (primary N) is 1. The van der Waals surface area contributed by atoms with E-state index in [-0.39, 0.29) is 0 Å². The molecule has 12 heavy (non-hydrogen) atoms. The molecule has 2 N–H and O–H groups in total. The topological polar surface area (TPSA) is 30.9 Å². The molecule has 0 atom stereocenters. The van der Waals surface area contributed by atoms with Crippen LogP contribution in [0.25, 0.3) is 10.9 Å². The molecule has 0 unspecified atom stereocenters. The number of hydrogen-bond donors (Lipinski definition) is 1. The molecule has 0 saturated carbocycles. The van der Waals surface area contributed by atoms with Gasteiger partial charge in [0.2, 0.25) is 0 Å². The molecular weight excluding hydrogens is 148 g/mol. The Morgan fingerprint density at radius 1 is 1.25 bits per heavy atom. The summed E-state index contributed by atoms with van der Waals surface area (Å²) in [6.07, 6.45) is 0. The lowest BCUT2D eigenvalue weighted by atomic mass is 10.2. The molecule has 0 radical (unpaired) electrons. The number of fused-ring (bicyclic) bond motifs is 1. The number of benzene rings is 1. The number of nitrogen functional groups attached to an aromatic ring is 1. The van der Waals surface area contributed by atoms with E-state index in [2.05, 4.69) is 30.7 Å². The maximum atomic E-state index is 5.69. The fraction of sp³-hybridized carbons (Fsp3) is 0.200. The van der Waals surface area contributed by atoms with E-state index in [0.29, 0.717) is 0 Å². The van der Waals surface area contributed by atoms with Crippen LogP contribution in [-0.2, 0) is 7.05 Å². The summed E-state index contributed by atoms with van der Waals surface area (Å²) < 4.78 is 2.14. The second-order valence-corrected chi connectivity index (χ2v) is 3.16. The summed E-state index contributed by atoms with van der Waals surface area (Å²) >= 11 is 0. The highest BCUT2D eigenvalue weighted by atomic mass is 14.9. The molecule has 1 aromatic carbocycles. The Hall–Kier alpha value is -1.44. The zero-order valence-electron chi connectivity index (χ0n) is 7.33. The van der Waals surface area contributed by atoms with E-state index < -0.39 is 0 Å². The molecule has 2 rings (SSSR count). The minimum Gasteiger partial charge on any atom is -0.399 e. The second kappa shape index (κ2) is 2.27. The number of anilines is 1. The van der Waals surface area contributed by atoms with Crippen molar-refractivity contribution in [1.82, 2.24) is 4.57 Å². The van der Waals surface area contributed by atoms with E-state index in [1.165, 1.54) is 16.6 Å². The first kappa shape index (κ1) is 7.22. The van der Waals surface area contributed by atoms with Crippen molar-refractivity contribution in [1.29, 1.82) is 0 Å². The van der Waals surface area contributed by atoms with Gasteiger partial charge in [0.1, 0.15) is 0 Å². The monoisotopic (exact) mass is 160 g/mol. The molecular formula is C10H12N2. The molecule has 2 heteroatoms. The molecule has 1 heterocycles. The minimum absolute atomic E-state index is 0.823. The average Bonchev–Trinajstić information content (AvgIpc) is 2.31. The van der Waals surface area contributed by atoms with Crippen LogP contribution in [0.4, 0.5) is 5.69 Å². The van der Waals surface area contributed by atoms with Gasteiger partial charge in [0.25, 0.3) is 0 Å². The molecule has 62 valence electrons. The predicted octanol–water partition coefficient (Wildman–Crippen LogP) is 2.07. The fourth-order valence-corrected chi connectivity index (χ4v) is 1.49. The van der Waals surface area contributed by atoms with E-state index in [9.17, 15) is 0 Å². The van der Waals surface area contributed by atoms with Gasteiger partial charge in [0.05, 0.1) is 0 Å². The van der Waals surface area contributed by atoms with Crippen LogP contribution in [-0.4, -0.2) is 4.57 Å². The summed E-state index contributed by atoms with van der Waals surface area (Å²) in [7, 11) is 2.05. The highest BCUT2D eigenvalue weighted by Crippen LogP contribution is 2.20. The molecule has 0 aliphatic carbocycles. The van der Waals surface area contributed by atoms with E-state index >= 15 is 0 Å². The Kier molecular flexibility index (Phi) is 1.37. The maximum absolute atomic E-state index is 5.69. The molecule has 0 amide bonds. The molecule has 0 aliphatic rings. The third-order valence-corrected chi connectivity index (χ3v) is 2.31. The highest BCUT2D eigenvalue weighted by molar-refractivity contribution is 5.84. The normalized spacial score (nSPS) is 10.8. The summed E-state index contributed by atoms with van der Waals surface area (Å²) in [6.45, 7) is 2.09. The van der Waals surface area contributed by atoms with Crippen molar-refractivity contribution >= 4 is 16.6 Å². The highest BCUT2D eigenvalue weighted by Gasteiger charge is 2.00. The van der Waals surface area contributed by atoms with Crippen LogP contribution in [0.1, 0.15) is 5.69 Å². The molecule has 0 spiro atoms. The zero-order valence-corrected chi connectivity index (χ0v) is 7.33. The van der Waals surface area contributed by atoms with Crippen molar-refractivity contribution in [3.63, 3.8) is 0 Å². The van der Waals surface area contributed by atoms with Gasteiger partial charge >= 0.3 is 0 Å². The SMILES string of the molecule is Cc1cc2ccc(N)cc2n1C. The van der Waals surface area contributed by atoms with Gasteiger partial charge in [-0.3, -0.25) is 0 Å². The Labute approximate surface area is 71.6 Å². The first-order valence-electron chi connectivity index (χ1n) is 4.00. The summed E-state index contributed by atoms with van der Waals surface area (Å²) in [4.78, 5) is 0. The average molecular weight is 160 g/mol. The molecule has 0 bridgehead atoms. The Morgan fingerprint density at radius 3 is 2.75 bits per heavy atom. The molecule has 0 aliphatic heterocycles. The van der Waals surface area contributed by atoms with Crippen molar-refractivity contribution in [2.75, 3.05) is 5.73 Å². The van der Waals surface area contributed by atoms with Gasteiger partial charge in [-0.15, -0.1) is 0 Å². The van der Waals surface area contributed by atoms with Crippen LogP contribution in [0.3, 0.4) is 0 Å². The zero-order chi connectivity index (χ0) is 8.72. The minimum atomic E-state index is 0.823. The van der Waals surface area contributed by atoms with E-state index in [1.807, 2.05) is 12.1 Å². The first-order valence-corrected chi connectivity index (χ1v) is 4.00. The van der Waals surface area contributed by atoms with Crippen LogP contribution >= 0.6 is 0 Å². The van der Waals surface area contributed by atoms with Gasteiger partial charge in [0.15, 0.2) is 0 Å². The van der Waals surface area contributed by atoms with Gasteiger partial charge in [-0.1, -0.05) is 6.07 Å². The van der Waals surface area contributed by atoms with Crippen LogP contribution < -0.4 is 5.73 Å². The first-order chi connectivity index (χ1) is 5.68.